The fourth-order valence-electron chi connectivity index (χ4n) is 4.54. The first kappa shape index (κ1) is 12.9. The van der Waals surface area contributed by atoms with Gasteiger partial charge in [0.2, 0.25) is 0 Å². The van der Waals surface area contributed by atoms with Crippen LogP contribution in [0, 0.1) is 10.8 Å². The second-order valence-electron chi connectivity index (χ2n) is 7.49. The van der Waals surface area contributed by atoms with Crippen molar-refractivity contribution >= 4 is 6.03 Å². The van der Waals surface area contributed by atoms with Crippen molar-refractivity contribution in [1.82, 2.24) is 20.4 Å². The number of likely N-dealkylation sites (tertiary alicyclic amines) is 2. The van der Waals surface area contributed by atoms with E-state index in [-0.39, 0.29) is 0 Å². The molecule has 4 fully saturated rings. The molecule has 4 saturated heterocycles. The summed E-state index contributed by atoms with van der Waals surface area (Å²) in [7, 11) is 0. The Balaban J connectivity index is 1.28. The summed E-state index contributed by atoms with van der Waals surface area (Å²) in [5.41, 5.74) is 0.913. The zero-order valence-electron chi connectivity index (χ0n) is 12.3. The van der Waals surface area contributed by atoms with Gasteiger partial charge in [-0.15, -0.1) is 0 Å². The molecule has 0 aromatic heterocycles. The van der Waals surface area contributed by atoms with Gasteiger partial charge in [0.1, 0.15) is 0 Å². The van der Waals surface area contributed by atoms with Gasteiger partial charge in [-0.2, -0.15) is 0 Å². The van der Waals surface area contributed by atoms with E-state index in [0.717, 1.165) is 52.4 Å². The predicted molar refractivity (Wildman–Crippen MR) is 77.6 cm³/mol. The Kier molecular flexibility index (Phi) is 2.96. The van der Waals surface area contributed by atoms with Gasteiger partial charge in [-0.1, -0.05) is 0 Å². The van der Waals surface area contributed by atoms with Crippen LogP contribution in [0.4, 0.5) is 4.79 Å². The van der Waals surface area contributed by atoms with Crippen molar-refractivity contribution in [2.75, 3.05) is 52.4 Å². The van der Waals surface area contributed by atoms with Gasteiger partial charge in [0.05, 0.1) is 0 Å². The largest absolute Gasteiger partial charge is 0.323 e. The van der Waals surface area contributed by atoms with Crippen LogP contribution in [0.2, 0.25) is 0 Å². The molecule has 4 aliphatic rings. The lowest BCUT2D eigenvalue weighted by Gasteiger charge is -2.58. The number of carbonyl (C=O) groups excluding carboxylic acids is 1. The third-order valence-electron chi connectivity index (χ3n) is 5.97. The number of urea groups is 1. The molecule has 0 unspecified atom stereocenters. The minimum absolute atomic E-state index is 0.304. The number of hydrogen-bond donors (Lipinski definition) is 2. The average Bonchev–Trinajstić information content (AvgIpc) is 2.43. The standard InChI is InChI=1S/C15H26N4O/c20-13(18-9-14(10-18)1-5-16-6-2-14)19-11-15(12-19)3-7-17-8-4-15/h16-17H,1-12H2. The van der Waals surface area contributed by atoms with Crippen molar-refractivity contribution in [2.24, 2.45) is 10.8 Å². The van der Waals surface area contributed by atoms with Gasteiger partial charge in [-0.05, 0) is 51.9 Å². The first-order valence-corrected chi connectivity index (χ1v) is 8.16. The lowest BCUT2D eigenvalue weighted by molar-refractivity contribution is -0.0447. The van der Waals surface area contributed by atoms with Crippen LogP contribution in [-0.4, -0.2) is 68.2 Å². The van der Waals surface area contributed by atoms with Crippen LogP contribution in [0.15, 0.2) is 0 Å². The average molecular weight is 278 g/mol. The predicted octanol–water partition coefficient (Wildman–Crippen LogP) is 0.477. The van der Waals surface area contributed by atoms with Crippen molar-refractivity contribution in [3.8, 4) is 0 Å². The highest BCUT2D eigenvalue weighted by atomic mass is 16.2. The minimum Gasteiger partial charge on any atom is -0.323 e. The topological polar surface area (TPSA) is 47.6 Å². The summed E-state index contributed by atoms with van der Waals surface area (Å²) in [5, 5.41) is 6.83. The summed E-state index contributed by atoms with van der Waals surface area (Å²) in [6.45, 7) is 8.50. The zero-order chi connectivity index (χ0) is 13.6. The molecule has 20 heavy (non-hydrogen) atoms. The van der Waals surface area contributed by atoms with E-state index in [4.69, 9.17) is 0 Å². The summed E-state index contributed by atoms with van der Waals surface area (Å²) in [4.78, 5) is 16.6. The molecule has 0 bridgehead atoms. The van der Waals surface area contributed by atoms with Crippen molar-refractivity contribution in [2.45, 2.75) is 25.7 Å². The smallest absolute Gasteiger partial charge is 0.320 e. The summed E-state index contributed by atoms with van der Waals surface area (Å²) in [5.74, 6) is 0. The van der Waals surface area contributed by atoms with E-state index in [2.05, 4.69) is 20.4 Å². The second kappa shape index (κ2) is 4.60. The molecule has 0 radical (unpaired) electrons. The SMILES string of the molecule is O=C(N1CC2(CCNCC2)C1)N1CC2(CCNCC2)C1. The highest BCUT2D eigenvalue weighted by molar-refractivity contribution is 5.76. The van der Waals surface area contributed by atoms with E-state index in [1.807, 2.05) is 0 Å². The molecule has 2 amide bonds. The molecule has 0 aromatic carbocycles. The Hall–Kier alpha value is -0.810. The normalized spacial score (nSPS) is 31.0. The van der Waals surface area contributed by atoms with E-state index in [1.165, 1.54) is 25.7 Å². The maximum atomic E-state index is 12.5. The number of piperidine rings is 2. The third-order valence-corrected chi connectivity index (χ3v) is 5.97. The molecule has 0 aliphatic carbocycles. The van der Waals surface area contributed by atoms with Gasteiger partial charge in [-0.25, -0.2) is 4.79 Å². The highest BCUT2D eigenvalue weighted by Gasteiger charge is 2.51. The summed E-state index contributed by atoms with van der Waals surface area (Å²) in [6, 6.07) is 0.304. The maximum absolute atomic E-state index is 12.5. The van der Waals surface area contributed by atoms with Crippen molar-refractivity contribution in [3.63, 3.8) is 0 Å². The Morgan fingerprint density at radius 2 is 1.05 bits per heavy atom. The molecule has 0 saturated carbocycles. The van der Waals surface area contributed by atoms with Gasteiger partial charge >= 0.3 is 6.03 Å². The van der Waals surface area contributed by atoms with E-state index < -0.39 is 0 Å². The molecular formula is C15H26N4O. The molecular weight excluding hydrogens is 252 g/mol. The Morgan fingerprint density at radius 1 is 0.700 bits per heavy atom. The van der Waals surface area contributed by atoms with E-state index in [0.29, 0.717) is 16.9 Å². The van der Waals surface area contributed by atoms with Crippen LogP contribution >= 0.6 is 0 Å². The van der Waals surface area contributed by atoms with Crippen LogP contribution in [0.1, 0.15) is 25.7 Å². The molecule has 5 nitrogen and oxygen atoms in total. The van der Waals surface area contributed by atoms with Crippen LogP contribution in [-0.2, 0) is 0 Å². The molecule has 2 spiro atoms. The zero-order valence-corrected chi connectivity index (χ0v) is 12.3. The summed E-state index contributed by atoms with van der Waals surface area (Å²) in [6.07, 6.45) is 4.97. The quantitative estimate of drug-likeness (QED) is 0.677. The Bertz CT molecular complexity index is 347. The van der Waals surface area contributed by atoms with Crippen molar-refractivity contribution in [3.05, 3.63) is 0 Å². The molecule has 4 aliphatic heterocycles. The second-order valence-corrected chi connectivity index (χ2v) is 7.49. The van der Waals surface area contributed by atoms with Crippen LogP contribution < -0.4 is 10.6 Å². The van der Waals surface area contributed by atoms with Gasteiger partial charge in [0.15, 0.2) is 0 Å². The number of nitrogens with one attached hydrogen (secondary N) is 2. The van der Waals surface area contributed by atoms with E-state index in [1.54, 1.807) is 0 Å². The number of nitrogens with zero attached hydrogens (tertiary/aromatic N) is 2. The highest BCUT2D eigenvalue weighted by Crippen LogP contribution is 2.42. The molecule has 5 heteroatoms. The lowest BCUT2D eigenvalue weighted by atomic mass is 9.71. The summed E-state index contributed by atoms with van der Waals surface area (Å²) >= 11 is 0. The van der Waals surface area contributed by atoms with Gasteiger partial charge in [-0.3, -0.25) is 0 Å². The first-order chi connectivity index (χ1) is 9.71. The molecule has 0 aromatic rings. The Labute approximate surface area is 121 Å². The monoisotopic (exact) mass is 278 g/mol. The number of carbonyl (C=O) groups is 1. The van der Waals surface area contributed by atoms with Gasteiger partial charge in [0, 0.05) is 37.0 Å². The van der Waals surface area contributed by atoms with Crippen LogP contribution in [0.3, 0.4) is 0 Å². The molecule has 0 atom stereocenters. The third kappa shape index (κ3) is 2.02. The number of hydrogen-bond acceptors (Lipinski definition) is 3. The maximum Gasteiger partial charge on any atom is 0.320 e. The van der Waals surface area contributed by atoms with Crippen molar-refractivity contribution in [1.29, 1.82) is 0 Å². The van der Waals surface area contributed by atoms with Crippen molar-refractivity contribution < 1.29 is 4.79 Å². The summed E-state index contributed by atoms with van der Waals surface area (Å²) < 4.78 is 0. The Morgan fingerprint density at radius 3 is 1.40 bits per heavy atom. The van der Waals surface area contributed by atoms with Crippen LogP contribution in [0.25, 0.3) is 0 Å². The van der Waals surface area contributed by atoms with Gasteiger partial charge < -0.3 is 20.4 Å². The fourth-order valence-corrected chi connectivity index (χ4v) is 4.54. The fraction of sp³-hybridized carbons (Fsp3) is 0.933. The van der Waals surface area contributed by atoms with E-state index in [9.17, 15) is 4.79 Å². The molecule has 112 valence electrons. The number of rotatable bonds is 0. The molecule has 4 rings (SSSR count). The molecule has 2 N–H and O–H groups in total. The van der Waals surface area contributed by atoms with E-state index >= 15 is 0 Å². The van der Waals surface area contributed by atoms with Crippen LogP contribution in [0.5, 0.6) is 0 Å². The molecule has 4 heterocycles. The first-order valence-electron chi connectivity index (χ1n) is 8.16. The number of amides is 2. The van der Waals surface area contributed by atoms with Gasteiger partial charge in [0.25, 0.3) is 0 Å². The minimum atomic E-state index is 0.304. The lowest BCUT2D eigenvalue weighted by Crippen LogP contribution is -2.69.